The summed E-state index contributed by atoms with van der Waals surface area (Å²) < 4.78 is 6.69. The second-order valence-electron chi connectivity index (χ2n) is 5.69. The first-order valence-corrected chi connectivity index (χ1v) is 8.02. The zero-order valence-electron chi connectivity index (χ0n) is 13.5. The minimum absolute atomic E-state index is 0.144. The highest BCUT2D eigenvalue weighted by Gasteiger charge is 2.12. The van der Waals surface area contributed by atoms with Gasteiger partial charge in [0.2, 0.25) is 0 Å². The fourth-order valence-electron chi connectivity index (χ4n) is 2.80. The molecule has 0 amide bonds. The van der Waals surface area contributed by atoms with E-state index in [0.29, 0.717) is 27.9 Å². The van der Waals surface area contributed by atoms with Crippen LogP contribution in [-0.4, -0.2) is 22.8 Å². The van der Waals surface area contributed by atoms with Crippen molar-refractivity contribution < 1.29 is 14.6 Å². The molecule has 1 heterocycles. The molecule has 1 aromatic heterocycles. The van der Waals surface area contributed by atoms with Gasteiger partial charge >= 0.3 is 5.97 Å². The highest BCUT2D eigenvalue weighted by molar-refractivity contribution is 6.31. The number of halogens is 1. The van der Waals surface area contributed by atoms with Gasteiger partial charge in [-0.25, -0.2) is 0 Å². The molecular formula is C19H16ClNO4. The third-order valence-corrected chi connectivity index (χ3v) is 4.21. The Hall–Kier alpha value is -2.79. The van der Waals surface area contributed by atoms with Gasteiger partial charge in [0.15, 0.2) is 5.43 Å². The molecule has 0 bridgehead atoms. The molecule has 25 heavy (non-hydrogen) atoms. The maximum atomic E-state index is 12.8. The molecule has 1 N–H and O–H groups in total. The molecule has 128 valence electrons. The van der Waals surface area contributed by atoms with Crippen molar-refractivity contribution in [2.45, 2.75) is 13.0 Å². The predicted molar refractivity (Wildman–Crippen MR) is 96.7 cm³/mol. The summed E-state index contributed by atoms with van der Waals surface area (Å²) in [7, 11) is 1.59. The lowest BCUT2D eigenvalue weighted by Gasteiger charge is -2.12. The molecule has 0 radical (unpaired) electrons. The molecule has 2 aromatic carbocycles. The van der Waals surface area contributed by atoms with E-state index in [9.17, 15) is 9.59 Å². The largest absolute Gasteiger partial charge is 0.497 e. The molecule has 3 rings (SSSR count). The summed E-state index contributed by atoms with van der Waals surface area (Å²) in [5.41, 5.74) is 1.85. The molecule has 0 aliphatic carbocycles. The molecule has 0 spiro atoms. The van der Waals surface area contributed by atoms with Crippen LogP contribution in [0.4, 0.5) is 0 Å². The van der Waals surface area contributed by atoms with E-state index in [1.165, 1.54) is 0 Å². The van der Waals surface area contributed by atoms with Crippen LogP contribution in [0.2, 0.25) is 5.02 Å². The number of carboxylic acid groups (broad SMARTS) is 1. The quantitative estimate of drug-likeness (QED) is 0.760. The van der Waals surface area contributed by atoms with Crippen LogP contribution in [0.5, 0.6) is 5.75 Å². The Morgan fingerprint density at radius 3 is 2.56 bits per heavy atom. The second-order valence-corrected chi connectivity index (χ2v) is 6.13. The number of nitrogens with zero attached hydrogens (tertiary/aromatic N) is 1. The van der Waals surface area contributed by atoms with Crippen LogP contribution in [0.1, 0.15) is 11.1 Å². The molecular weight excluding hydrogens is 342 g/mol. The summed E-state index contributed by atoms with van der Waals surface area (Å²) >= 11 is 6.02. The van der Waals surface area contributed by atoms with Crippen LogP contribution in [0.3, 0.4) is 0 Å². The highest BCUT2D eigenvalue weighted by Crippen LogP contribution is 2.19. The third-order valence-electron chi connectivity index (χ3n) is 3.98. The van der Waals surface area contributed by atoms with Gasteiger partial charge in [-0.1, -0.05) is 23.7 Å². The van der Waals surface area contributed by atoms with Gasteiger partial charge in [-0.2, -0.15) is 0 Å². The Labute approximate surface area is 149 Å². The Kier molecular flexibility index (Phi) is 4.76. The summed E-state index contributed by atoms with van der Waals surface area (Å²) in [5.74, 6) is -0.243. The maximum absolute atomic E-state index is 12.8. The van der Waals surface area contributed by atoms with Gasteiger partial charge in [-0.3, -0.25) is 9.59 Å². The van der Waals surface area contributed by atoms with E-state index in [4.69, 9.17) is 21.4 Å². The van der Waals surface area contributed by atoms with Crippen molar-refractivity contribution in [2.24, 2.45) is 0 Å². The average Bonchev–Trinajstić information content (AvgIpc) is 2.59. The Bertz CT molecular complexity index is 993. The number of pyridine rings is 1. The van der Waals surface area contributed by atoms with Crippen molar-refractivity contribution in [2.75, 3.05) is 7.11 Å². The van der Waals surface area contributed by atoms with Crippen molar-refractivity contribution in [3.63, 3.8) is 0 Å². The standard InChI is InChI=1S/C19H16ClNO4/c1-25-15-5-2-12(3-6-15)8-13-10-21(11-18(22)23)17-7-4-14(20)9-16(17)19(13)24/h2-7,9-10H,8,11H2,1H3,(H,22,23). The zero-order valence-corrected chi connectivity index (χ0v) is 14.3. The Morgan fingerprint density at radius 1 is 1.20 bits per heavy atom. The summed E-state index contributed by atoms with van der Waals surface area (Å²) in [4.78, 5) is 24.0. The van der Waals surface area contributed by atoms with Gasteiger partial charge in [0.05, 0.1) is 12.6 Å². The van der Waals surface area contributed by atoms with E-state index >= 15 is 0 Å². The predicted octanol–water partition coefficient (Wildman–Crippen LogP) is 3.34. The lowest BCUT2D eigenvalue weighted by molar-refractivity contribution is -0.137. The fraction of sp³-hybridized carbons (Fsp3) is 0.158. The van der Waals surface area contributed by atoms with E-state index in [0.717, 1.165) is 11.3 Å². The van der Waals surface area contributed by atoms with Gasteiger partial charge < -0.3 is 14.4 Å². The lowest BCUT2D eigenvalue weighted by atomic mass is 10.0. The molecule has 0 unspecified atom stereocenters. The van der Waals surface area contributed by atoms with E-state index < -0.39 is 5.97 Å². The Balaban J connectivity index is 2.11. The van der Waals surface area contributed by atoms with Crippen LogP contribution in [0.25, 0.3) is 10.9 Å². The first-order valence-electron chi connectivity index (χ1n) is 7.64. The Morgan fingerprint density at radius 2 is 1.92 bits per heavy atom. The monoisotopic (exact) mass is 357 g/mol. The molecule has 5 nitrogen and oxygen atoms in total. The summed E-state index contributed by atoms with van der Waals surface area (Å²) in [6.45, 7) is -0.228. The molecule has 0 saturated carbocycles. The molecule has 0 fully saturated rings. The lowest BCUT2D eigenvalue weighted by Crippen LogP contribution is -2.18. The van der Waals surface area contributed by atoms with Gasteiger partial charge in [0.1, 0.15) is 12.3 Å². The third kappa shape index (κ3) is 3.67. The van der Waals surface area contributed by atoms with Crippen molar-refractivity contribution in [3.05, 3.63) is 75.0 Å². The number of methoxy groups -OCH3 is 1. The number of fused-ring (bicyclic) bond motifs is 1. The number of carbonyl (C=O) groups is 1. The molecule has 0 aliphatic rings. The van der Waals surface area contributed by atoms with Gasteiger partial charge in [0.25, 0.3) is 0 Å². The van der Waals surface area contributed by atoms with E-state index in [2.05, 4.69) is 0 Å². The van der Waals surface area contributed by atoms with Crippen LogP contribution in [-0.2, 0) is 17.8 Å². The topological polar surface area (TPSA) is 68.5 Å². The molecule has 3 aromatic rings. The summed E-state index contributed by atoms with van der Waals surface area (Å²) in [5, 5.41) is 10.0. The van der Waals surface area contributed by atoms with E-state index in [1.54, 1.807) is 36.1 Å². The fourth-order valence-corrected chi connectivity index (χ4v) is 2.97. The van der Waals surface area contributed by atoms with Crippen molar-refractivity contribution >= 4 is 28.5 Å². The number of aliphatic carboxylic acids is 1. The van der Waals surface area contributed by atoms with E-state index in [-0.39, 0.29) is 12.0 Å². The molecule has 6 heteroatoms. The normalized spacial score (nSPS) is 10.8. The number of rotatable bonds is 5. The van der Waals surface area contributed by atoms with Crippen LogP contribution in [0.15, 0.2) is 53.5 Å². The molecule has 0 saturated heterocycles. The average molecular weight is 358 g/mol. The molecule has 0 atom stereocenters. The first-order chi connectivity index (χ1) is 12.0. The minimum Gasteiger partial charge on any atom is -0.497 e. The van der Waals surface area contributed by atoms with Gasteiger partial charge in [-0.15, -0.1) is 0 Å². The van der Waals surface area contributed by atoms with Crippen molar-refractivity contribution in [1.29, 1.82) is 0 Å². The minimum atomic E-state index is -0.977. The number of carboxylic acids is 1. The summed E-state index contributed by atoms with van der Waals surface area (Å²) in [6.07, 6.45) is 2.00. The second kappa shape index (κ2) is 6.99. The number of ether oxygens (including phenoxy) is 1. The highest BCUT2D eigenvalue weighted by atomic mass is 35.5. The van der Waals surface area contributed by atoms with Crippen molar-refractivity contribution in [3.8, 4) is 5.75 Å². The van der Waals surface area contributed by atoms with Gasteiger partial charge in [0, 0.05) is 28.6 Å². The smallest absolute Gasteiger partial charge is 0.323 e. The van der Waals surface area contributed by atoms with Crippen LogP contribution >= 0.6 is 11.6 Å². The maximum Gasteiger partial charge on any atom is 0.323 e. The number of benzene rings is 2. The molecule has 0 aliphatic heterocycles. The number of hydrogen-bond donors (Lipinski definition) is 1. The number of hydrogen-bond acceptors (Lipinski definition) is 3. The zero-order chi connectivity index (χ0) is 18.0. The van der Waals surface area contributed by atoms with Crippen molar-refractivity contribution in [1.82, 2.24) is 4.57 Å². The van der Waals surface area contributed by atoms with E-state index in [1.807, 2.05) is 24.3 Å². The summed E-state index contributed by atoms with van der Waals surface area (Å²) in [6, 6.07) is 12.3. The van der Waals surface area contributed by atoms with Crippen LogP contribution in [0, 0.1) is 0 Å². The van der Waals surface area contributed by atoms with Gasteiger partial charge in [-0.05, 0) is 35.9 Å². The number of aromatic nitrogens is 1. The first kappa shape index (κ1) is 17.0. The SMILES string of the molecule is COc1ccc(Cc2cn(CC(=O)O)c3ccc(Cl)cc3c2=O)cc1. The van der Waals surface area contributed by atoms with Crippen LogP contribution < -0.4 is 10.2 Å².